The molecule has 1 aromatic carbocycles. The molecule has 1 atom stereocenters. The van der Waals surface area contributed by atoms with Crippen LogP contribution in [-0.2, 0) is 0 Å². The Balaban J connectivity index is 1.48. The molecule has 6 nitrogen and oxygen atoms in total. The molecule has 1 aromatic heterocycles. The molecule has 1 unspecified atom stereocenters. The van der Waals surface area contributed by atoms with Crippen LogP contribution in [0.5, 0.6) is 5.75 Å². The van der Waals surface area contributed by atoms with E-state index in [9.17, 15) is 14.3 Å². The van der Waals surface area contributed by atoms with Crippen LogP contribution in [0.1, 0.15) is 66.9 Å². The van der Waals surface area contributed by atoms with E-state index in [1.807, 2.05) is 20.0 Å². The first-order valence-electron chi connectivity index (χ1n) is 9.79. The highest BCUT2D eigenvalue weighted by Gasteiger charge is 2.45. The lowest BCUT2D eigenvalue weighted by molar-refractivity contribution is -0.0504. The Bertz CT molecular complexity index is 880. The van der Waals surface area contributed by atoms with Crippen LogP contribution in [0.4, 0.5) is 4.39 Å². The van der Waals surface area contributed by atoms with E-state index in [4.69, 9.17) is 4.74 Å². The number of fused-ring (bicyclic) bond motifs is 1. The number of piperidine rings is 1. The van der Waals surface area contributed by atoms with E-state index < -0.39 is 17.5 Å². The van der Waals surface area contributed by atoms with Gasteiger partial charge in [-0.05, 0) is 44.5 Å². The molecular weight excluding hydrogens is 361 g/mol. The fraction of sp³-hybridized carbons (Fsp3) is 0.524. The van der Waals surface area contributed by atoms with Gasteiger partial charge in [-0.2, -0.15) is 5.10 Å². The molecule has 2 aromatic rings. The van der Waals surface area contributed by atoms with Crippen molar-refractivity contribution in [1.82, 2.24) is 14.7 Å². The molecule has 4 rings (SSSR count). The molecule has 0 bridgehead atoms. The zero-order valence-electron chi connectivity index (χ0n) is 16.5. The van der Waals surface area contributed by atoms with Crippen LogP contribution in [-0.4, -0.2) is 44.4 Å². The van der Waals surface area contributed by atoms with Gasteiger partial charge in [0.2, 0.25) is 0 Å². The average molecular weight is 387 g/mol. The molecule has 2 aliphatic heterocycles. The fourth-order valence-corrected chi connectivity index (χ4v) is 4.15. The van der Waals surface area contributed by atoms with E-state index in [2.05, 4.69) is 5.10 Å². The molecule has 1 fully saturated rings. The van der Waals surface area contributed by atoms with Gasteiger partial charge < -0.3 is 14.7 Å². The number of nitrogens with zero attached hydrogens (tertiary/aromatic N) is 3. The number of amides is 1. The SMILES string of the molecule is Cc1cc(F)cc(C(=O)N2CCC3(CC2)CC(O)c2nn(C(C)C)cc2O3)c1. The van der Waals surface area contributed by atoms with Crippen molar-refractivity contribution >= 4 is 5.91 Å². The average Bonchev–Trinajstić information content (AvgIpc) is 3.05. The number of aliphatic hydroxyl groups is 1. The molecular formula is C21H26FN3O3. The Morgan fingerprint density at radius 3 is 2.68 bits per heavy atom. The van der Waals surface area contributed by atoms with E-state index in [1.54, 1.807) is 22.6 Å². The summed E-state index contributed by atoms with van der Waals surface area (Å²) in [5, 5.41) is 15.1. The number of ether oxygens (including phenoxy) is 1. The standard InChI is InChI=1S/C21H26FN3O3/c1-13(2)25-12-18-19(23-25)17(26)11-21(28-18)4-6-24(7-5-21)20(27)15-8-14(3)9-16(22)10-15/h8-10,12-13,17,26H,4-7,11H2,1-3H3. The number of halogens is 1. The van der Waals surface area contributed by atoms with E-state index in [-0.39, 0.29) is 11.9 Å². The number of hydrogen-bond acceptors (Lipinski definition) is 4. The molecule has 3 heterocycles. The fourth-order valence-electron chi connectivity index (χ4n) is 4.15. The first-order chi connectivity index (χ1) is 13.3. The van der Waals surface area contributed by atoms with Gasteiger partial charge in [-0.3, -0.25) is 9.48 Å². The zero-order chi connectivity index (χ0) is 20.1. The summed E-state index contributed by atoms with van der Waals surface area (Å²) in [7, 11) is 0. The summed E-state index contributed by atoms with van der Waals surface area (Å²) in [6, 6.07) is 4.59. The number of carbonyl (C=O) groups is 1. The topological polar surface area (TPSA) is 67.6 Å². The van der Waals surface area contributed by atoms with Gasteiger partial charge in [0.05, 0.1) is 6.20 Å². The second-order valence-electron chi connectivity index (χ2n) is 8.27. The Labute approximate surface area is 163 Å². The molecule has 1 saturated heterocycles. The minimum Gasteiger partial charge on any atom is -0.483 e. The van der Waals surface area contributed by atoms with Crippen LogP contribution in [0, 0.1) is 12.7 Å². The molecule has 150 valence electrons. The van der Waals surface area contributed by atoms with Gasteiger partial charge in [-0.1, -0.05) is 0 Å². The number of benzene rings is 1. The number of likely N-dealkylation sites (tertiary alicyclic amines) is 1. The normalized spacial score (nSPS) is 20.9. The largest absolute Gasteiger partial charge is 0.483 e. The van der Waals surface area contributed by atoms with Crippen LogP contribution in [0.2, 0.25) is 0 Å². The third-order valence-electron chi connectivity index (χ3n) is 5.71. The molecule has 7 heteroatoms. The molecule has 0 radical (unpaired) electrons. The summed E-state index contributed by atoms with van der Waals surface area (Å²) in [6.07, 6.45) is 2.89. The summed E-state index contributed by atoms with van der Waals surface area (Å²) in [4.78, 5) is 14.5. The van der Waals surface area contributed by atoms with E-state index in [1.165, 1.54) is 12.1 Å². The highest BCUT2D eigenvalue weighted by Crippen LogP contribution is 2.44. The van der Waals surface area contributed by atoms with Crippen molar-refractivity contribution in [2.24, 2.45) is 0 Å². The summed E-state index contributed by atoms with van der Waals surface area (Å²) in [5.74, 6) is 0.0698. The highest BCUT2D eigenvalue weighted by atomic mass is 19.1. The lowest BCUT2D eigenvalue weighted by Crippen LogP contribution is -2.51. The van der Waals surface area contributed by atoms with Crippen LogP contribution < -0.4 is 4.74 Å². The van der Waals surface area contributed by atoms with E-state index in [0.717, 1.165) is 5.56 Å². The first-order valence-corrected chi connectivity index (χ1v) is 9.79. The first kappa shape index (κ1) is 18.9. The summed E-state index contributed by atoms with van der Waals surface area (Å²) in [6.45, 7) is 6.85. The van der Waals surface area contributed by atoms with Gasteiger partial charge >= 0.3 is 0 Å². The van der Waals surface area contributed by atoms with Gasteiger partial charge in [0.25, 0.3) is 5.91 Å². The molecule has 0 saturated carbocycles. The number of hydrogen-bond donors (Lipinski definition) is 1. The second kappa shape index (κ2) is 6.88. The van der Waals surface area contributed by atoms with E-state index in [0.29, 0.717) is 49.4 Å². The lowest BCUT2D eigenvalue weighted by atomic mass is 9.83. The quantitative estimate of drug-likeness (QED) is 0.858. The third-order valence-corrected chi connectivity index (χ3v) is 5.71. The smallest absolute Gasteiger partial charge is 0.253 e. The summed E-state index contributed by atoms with van der Waals surface area (Å²) in [5.41, 5.74) is 1.20. The summed E-state index contributed by atoms with van der Waals surface area (Å²) < 4.78 is 21.8. The maximum Gasteiger partial charge on any atom is 0.253 e. The van der Waals surface area contributed by atoms with Crippen molar-refractivity contribution in [2.45, 2.75) is 57.8 Å². The summed E-state index contributed by atoms with van der Waals surface area (Å²) >= 11 is 0. The zero-order valence-corrected chi connectivity index (χ0v) is 16.5. The van der Waals surface area contributed by atoms with Crippen LogP contribution in [0.15, 0.2) is 24.4 Å². The minimum atomic E-state index is -0.670. The van der Waals surface area contributed by atoms with Crippen molar-refractivity contribution in [1.29, 1.82) is 0 Å². The number of aliphatic hydroxyl groups excluding tert-OH is 1. The minimum absolute atomic E-state index is 0.165. The lowest BCUT2D eigenvalue weighted by Gasteiger charge is -2.44. The Morgan fingerprint density at radius 1 is 1.32 bits per heavy atom. The molecule has 2 aliphatic rings. The number of aryl methyl sites for hydroxylation is 1. The Morgan fingerprint density at radius 2 is 2.04 bits per heavy atom. The predicted molar refractivity (Wildman–Crippen MR) is 102 cm³/mol. The van der Waals surface area contributed by atoms with E-state index >= 15 is 0 Å². The molecule has 1 N–H and O–H groups in total. The van der Waals surface area contributed by atoms with Crippen molar-refractivity contribution < 1.29 is 19.0 Å². The van der Waals surface area contributed by atoms with Crippen molar-refractivity contribution in [3.05, 3.63) is 47.0 Å². The Kier molecular flexibility index (Phi) is 4.65. The maximum atomic E-state index is 13.7. The predicted octanol–water partition coefficient (Wildman–Crippen LogP) is 3.40. The highest BCUT2D eigenvalue weighted by molar-refractivity contribution is 5.94. The molecule has 28 heavy (non-hydrogen) atoms. The van der Waals surface area contributed by atoms with Gasteiger partial charge in [-0.15, -0.1) is 0 Å². The maximum absolute atomic E-state index is 13.7. The van der Waals surface area contributed by atoms with Crippen molar-refractivity contribution in [3.8, 4) is 5.75 Å². The number of carbonyl (C=O) groups excluding carboxylic acids is 1. The van der Waals surface area contributed by atoms with Crippen molar-refractivity contribution in [2.75, 3.05) is 13.1 Å². The van der Waals surface area contributed by atoms with Crippen LogP contribution in [0.25, 0.3) is 0 Å². The Hall–Kier alpha value is -2.41. The van der Waals surface area contributed by atoms with Crippen molar-refractivity contribution in [3.63, 3.8) is 0 Å². The van der Waals surface area contributed by atoms with Gasteiger partial charge in [0.15, 0.2) is 5.75 Å². The van der Waals surface area contributed by atoms with Gasteiger partial charge in [-0.25, -0.2) is 4.39 Å². The number of aromatic nitrogens is 2. The number of rotatable bonds is 2. The molecule has 1 amide bonds. The second-order valence-corrected chi connectivity index (χ2v) is 8.27. The van der Waals surface area contributed by atoms with Crippen LogP contribution >= 0.6 is 0 Å². The van der Waals surface area contributed by atoms with Gasteiger partial charge in [0.1, 0.15) is 23.2 Å². The van der Waals surface area contributed by atoms with Crippen LogP contribution in [0.3, 0.4) is 0 Å². The monoisotopic (exact) mass is 387 g/mol. The van der Waals surface area contributed by atoms with Gasteiger partial charge in [0, 0.05) is 44.0 Å². The third kappa shape index (κ3) is 3.39. The molecule has 1 spiro atoms. The molecule has 0 aliphatic carbocycles.